The van der Waals surface area contributed by atoms with E-state index in [0.717, 1.165) is 86.0 Å². The molecule has 0 unspecified atom stereocenters. The standard InChI is InChI=1S/C29H42ClN9O/c1-7-8-14-39(27-25-26(32-19-33-27)35-28(40)29(25,2)3)15-9-10-23-22(31-13-16-37(4)5)12-11-20(34-23)17-21-18-24(30)36-38(21)6/h11-12,18-19,31H,7-10,13-17H2,1-6H3,(H,32,33,35,40). The average molecular weight is 568 g/mol. The van der Waals surface area contributed by atoms with Gasteiger partial charge in [-0.2, -0.15) is 5.10 Å². The van der Waals surface area contributed by atoms with Crippen LogP contribution in [-0.2, 0) is 30.1 Å². The molecule has 11 heteroatoms. The number of likely N-dealkylation sites (N-methyl/N-ethyl adjacent to an activating group) is 1. The van der Waals surface area contributed by atoms with Crippen molar-refractivity contribution in [1.82, 2.24) is 29.6 Å². The minimum Gasteiger partial charge on any atom is -0.382 e. The highest BCUT2D eigenvalue weighted by Crippen LogP contribution is 2.41. The molecule has 2 N–H and O–H groups in total. The van der Waals surface area contributed by atoms with Crippen LogP contribution in [0.5, 0.6) is 0 Å². The number of rotatable bonds is 14. The van der Waals surface area contributed by atoms with Gasteiger partial charge in [0.25, 0.3) is 0 Å². The van der Waals surface area contributed by atoms with Gasteiger partial charge in [0.2, 0.25) is 5.91 Å². The number of amides is 1. The van der Waals surface area contributed by atoms with E-state index in [-0.39, 0.29) is 5.91 Å². The molecule has 3 aromatic heterocycles. The van der Waals surface area contributed by atoms with Crippen molar-refractivity contribution in [2.45, 2.75) is 58.3 Å². The molecule has 0 radical (unpaired) electrons. The zero-order valence-corrected chi connectivity index (χ0v) is 25.3. The Balaban J connectivity index is 1.54. The molecule has 40 heavy (non-hydrogen) atoms. The molecule has 0 saturated heterocycles. The molecule has 3 aromatic rings. The number of halogens is 1. The fourth-order valence-electron chi connectivity index (χ4n) is 5.00. The first-order valence-corrected chi connectivity index (χ1v) is 14.5. The van der Waals surface area contributed by atoms with E-state index in [4.69, 9.17) is 16.6 Å². The molecule has 1 aliphatic rings. The summed E-state index contributed by atoms with van der Waals surface area (Å²) in [5, 5.41) is 11.3. The molecule has 1 amide bonds. The number of aromatic nitrogens is 5. The second kappa shape index (κ2) is 13.0. The van der Waals surface area contributed by atoms with Gasteiger partial charge in [0.05, 0.1) is 22.4 Å². The first kappa shape index (κ1) is 29.7. The van der Waals surface area contributed by atoms with Gasteiger partial charge in [-0.05, 0) is 65.4 Å². The van der Waals surface area contributed by atoms with Crippen LogP contribution < -0.4 is 15.5 Å². The lowest BCUT2D eigenvalue weighted by atomic mass is 9.87. The lowest BCUT2D eigenvalue weighted by Gasteiger charge is -2.28. The van der Waals surface area contributed by atoms with Crippen LogP contribution in [0.3, 0.4) is 0 Å². The lowest BCUT2D eigenvalue weighted by molar-refractivity contribution is -0.119. The van der Waals surface area contributed by atoms with Crippen molar-refractivity contribution < 1.29 is 4.79 Å². The number of hydrogen-bond donors (Lipinski definition) is 2. The predicted molar refractivity (Wildman–Crippen MR) is 161 cm³/mol. The van der Waals surface area contributed by atoms with E-state index < -0.39 is 5.41 Å². The van der Waals surface area contributed by atoms with Crippen LogP contribution >= 0.6 is 11.6 Å². The molecular formula is C29H42ClN9O. The number of aryl methyl sites for hydroxylation is 2. The van der Waals surface area contributed by atoms with Crippen LogP contribution in [0.1, 0.15) is 62.7 Å². The van der Waals surface area contributed by atoms with Crippen LogP contribution in [0, 0.1) is 0 Å². The van der Waals surface area contributed by atoms with Crippen molar-refractivity contribution in [2.24, 2.45) is 7.05 Å². The maximum absolute atomic E-state index is 12.7. The number of nitrogens with zero attached hydrogens (tertiary/aromatic N) is 7. The van der Waals surface area contributed by atoms with E-state index in [0.29, 0.717) is 17.4 Å². The highest BCUT2D eigenvalue weighted by molar-refractivity contribution is 6.29. The van der Waals surface area contributed by atoms with E-state index in [1.807, 2.05) is 27.0 Å². The van der Waals surface area contributed by atoms with Crippen LogP contribution in [0.2, 0.25) is 5.15 Å². The average Bonchev–Trinajstić information content (AvgIpc) is 3.34. The summed E-state index contributed by atoms with van der Waals surface area (Å²) >= 11 is 6.11. The van der Waals surface area contributed by atoms with Crippen molar-refractivity contribution in [3.8, 4) is 0 Å². The molecular weight excluding hydrogens is 526 g/mol. The Bertz CT molecular complexity index is 1320. The molecule has 0 saturated carbocycles. The van der Waals surface area contributed by atoms with E-state index in [1.54, 1.807) is 11.0 Å². The predicted octanol–water partition coefficient (Wildman–Crippen LogP) is 4.29. The third kappa shape index (κ3) is 6.90. The Labute approximate surface area is 242 Å². The van der Waals surface area contributed by atoms with Gasteiger partial charge in [-0.15, -0.1) is 0 Å². The van der Waals surface area contributed by atoms with Crippen LogP contribution in [0.4, 0.5) is 17.3 Å². The largest absolute Gasteiger partial charge is 0.382 e. The van der Waals surface area contributed by atoms with Crippen LogP contribution in [-0.4, -0.2) is 75.8 Å². The maximum atomic E-state index is 12.7. The second-order valence-corrected chi connectivity index (χ2v) is 11.6. The normalized spacial score (nSPS) is 13.9. The number of nitrogens with one attached hydrogen (secondary N) is 2. The summed E-state index contributed by atoms with van der Waals surface area (Å²) in [6.07, 6.45) is 6.02. The molecule has 0 atom stereocenters. The number of pyridine rings is 1. The fraction of sp³-hybridized carbons (Fsp3) is 0.552. The number of carbonyl (C=O) groups is 1. The summed E-state index contributed by atoms with van der Waals surface area (Å²) in [7, 11) is 6.04. The maximum Gasteiger partial charge on any atom is 0.235 e. The number of hydrogen-bond acceptors (Lipinski definition) is 8. The Morgan fingerprint density at radius 3 is 2.60 bits per heavy atom. The van der Waals surface area contributed by atoms with Crippen LogP contribution in [0.25, 0.3) is 0 Å². The van der Waals surface area contributed by atoms with Crippen LogP contribution in [0.15, 0.2) is 24.5 Å². The molecule has 0 bridgehead atoms. The molecule has 0 fully saturated rings. The van der Waals surface area contributed by atoms with E-state index in [9.17, 15) is 4.79 Å². The summed E-state index contributed by atoms with van der Waals surface area (Å²) in [4.78, 5) is 31.2. The zero-order chi connectivity index (χ0) is 28.9. The quantitative estimate of drug-likeness (QED) is 0.297. The van der Waals surface area contributed by atoms with Crippen molar-refractivity contribution in [3.63, 3.8) is 0 Å². The Morgan fingerprint density at radius 1 is 1.12 bits per heavy atom. The van der Waals surface area contributed by atoms with Crippen molar-refractivity contribution in [3.05, 3.63) is 52.3 Å². The molecule has 4 heterocycles. The molecule has 1 aliphatic heterocycles. The van der Waals surface area contributed by atoms with Gasteiger partial charge >= 0.3 is 0 Å². The Hall–Kier alpha value is -3.24. The topological polar surface area (TPSA) is 104 Å². The molecule has 10 nitrogen and oxygen atoms in total. The molecule has 0 spiro atoms. The van der Waals surface area contributed by atoms with Gasteiger partial charge in [-0.25, -0.2) is 9.97 Å². The fourth-order valence-corrected chi connectivity index (χ4v) is 5.24. The minimum atomic E-state index is -0.676. The molecule has 4 rings (SSSR count). The Kier molecular flexibility index (Phi) is 9.63. The first-order chi connectivity index (χ1) is 19.1. The van der Waals surface area contributed by atoms with Gasteiger partial charge in [0, 0.05) is 51.0 Å². The van der Waals surface area contributed by atoms with Crippen molar-refractivity contribution in [2.75, 3.05) is 55.8 Å². The third-order valence-corrected chi connectivity index (χ3v) is 7.57. The van der Waals surface area contributed by atoms with Gasteiger partial charge in [-0.1, -0.05) is 24.9 Å². The molecule has 0 aliphatic carbocycles. The summed E-state index contributed by atoms with van der Waals surface area (Å²) in [5.74, 6) is 1.43. The van der Waals surface area contributed by atoms with Gasteiger partial charge in [0.15, 0.2) is 5.15 Å². The smallest absolute Gasteiger partial charge is 0.235 e. The number of fused-ring (bicyclic) bond motifs is 1. The van der Waals surface area contributed by atoms with E-state index in [2.05, 4.69) is 68.7 Å². The summed E-state index contributed by atoms with van der Waals surface area (Å²) in [6, 6.07) is 6.10. The highest BCUT2D eigenvalue weighted by Gasteiger charge is 2.43. The Morgan fingerprint density at radius 2 is 1.90 bits per heavy atom. The highest BCUT2D eigenvalue weighted by atomic mass is 35.5. The third-order valence-electron chi connectivity index (χ3n) is 7.39. The minimum absolute atomic E-state index is 0.0381. The van der Waals surface area contributed by atoms with Gasteiger partial charge in [-0.3, -0.25) is 14.5 Å². The number of unbranched alkanes of at least 4 members (excludes halogenated alkanes) is 1. The molecule has 216 valence electrons. The van der Waals surface area contributed by atoms with Gasteiger partial charge in [0.1, 0.15) is 18.0 Å². The van der Waals surface area contributed by atoms with Crippen molar-refractivity contribution in [1.29, 1.82) is 0 Å². The summed E-state index contributed by atoms with van der Waals surface area (Å²) < 4.78 is 1.81. The monoisotopic (exact) mass is 567 g/mol. The molecule has 0 aromatic carbocycles. The second-order valence-electron chi connectivity index (χ2n) is 11.2. The summed E-state index contributed by atoms with van der Waals surface area (Å²) in [6.45, 7) is 9.51. The SMILES string of the molecule is CCCCN(CCCc1nc(Cc2cc(Cl)nn2C)ccc1NCCN(C)C)c1ncnc2c1C(C)(C)C(=O)N2. The van der Waals surface area contributed by atoms with Crippen molar-refractivity contribution >= 4 is 34.8 Å². The number of carbonyl (C=O) groups excluding carboxylic acids is 1. The first-order valence-electron chi connectivity index (χ1n) is 14.1. The van der Waals surface area contributed by atoms with E-state index in [1.165, 1.54) is 0 Å². The zero-order valence-electron chi connectivity index (χ0n) is 24.6. The van der Waals surface area contributed by atoms with E-state index >= 15 is 0 Å². The van der Waals surface area contributed by atoms with Gasteiger partial charge < -0.3 is 20.4 Å². The lowest BCUT2D eigenvalue weighted by Crippen LogP contribution is -2.32. The summed E-state index contributed by atoms with van der Waals surface area (Å²) in [5.41, 5.74) is 4.32. The number of anilines is 3.